The van der Waals surface area contributed by atoms with Crippen LogP contribution in [0.4, 0.5) is 0 Å². The molecule has 0 fully saturated rings. The molecule has 1 aromatic rings. The molecule has 0 saturated carbocycles. The highest BCUT2D eigenvalue weighted by Crippen LogP contribution is 2.28. The zero-order chi connectivity index (χ0) is 11.1. The zero-order valence-corrected chi connectivity index (χ0v) is 9.55. The zero-order valence-electron chi connectivity index (χ0n) is 8.79. The molecule has 0 amide bonds. The normalized spacial score (nSPS) is 10.3. The lowest BCUT2D eigenvalue weighted by atomic mass is 10.2. The van der Waals surface area contributed by atoms with Gasteiger partial charge in [0.2, 0.25) is 0 Å². The Hall–Kier alpha value is -0.770. The Kier molecular flexibility index (Phi) is 5.47. The largest absolute Gasteiger partial charge is 0.492 e. The first-order valence-electron chi connectivity index (χ1n) is 4.95. The number of aliphatic hydroxyl groups excluding tert-OH is 1. The third-order valence-corrected chi connectivity index (χ3v) is 2.26. The summed E-state index contributed by atoms with van der Waals surface area (Å²) in [7, 11) is 1.87. The minimum absolute atomic E-state index is 0.131. The standard InChI is InChI=1S/C11H16ClNO2/c1-13-8-9-4-2-5-10(12)11(9)15-7-3-6-14/h2,4-5,13-14H,3,6-8H2,1H3. The number of hydrogen-bond donors (Lipinski definition) is 2. The molecule has 3 nitrogen and oxygen atoms in total. The van der Waals surface area contributed by atoms with Gasteiger partial charge in [-0.15, -0.1) is 0 Å². The van der Waals surface area contributed by atoms with E-state index in [1.807, 2.05) is 19.2 Å². The van der Waals surface area contributed by atoms with Crippen molar-refractivity contribution in [3.63, 3.8) is 0 Å². The van der Waals surface area contributed by atoms with Gasteiger partial charge >= 0.3 is 0 Å². The number of benzene rings is 1. The molecule has 0 aliphatic rings. The molecular formula is C11H16ClNO2. The van der Waals surface area contributed by atoms with Crippen molar-refractivity contribution in [1.82, 2.24) is 5.32 Å². The van der Waals surface area contributed by atoms with E-state index >= 15 is 0 Å². The Morgan fingerprint density at radius 2 is 2.27 bits per heavy atom. The molecule has 0 aliphatic carbocycles. The van der Waals surface area contributed by atoms with Gasteiger partial charge in [-0.05, 0) is 13.1 Å². The maximum Gasteiger partial charge on any atom is 0.142 e. The Morgan fingerprint density at radius 1 is 1.47 bits per heavy atom. The molecule has 0 saturated heterocycles. The smallest absolute Gasteiger partial charge is 0.142 e. The summed E-state index contributed by atoms with van der Waals surface area (Å²) in [5.74, 6) is 0.710. The Labute approximate surface area is 95.0 Å². The van der Waals surface area contributed by atoms with E-state index in [2.05, 4.69) is 5.32 Å². The second kappa shape index (κ2) is 6.67. The molecule has 0 spiro atoms. The summed E-state index contributed by atoms with van der Waals surface area (Å²) in [6.07, 6.45) is 0.615. The molecule has 0 atom stereocenters. The lowest BCUT2D eigenvalue weighted by Crippen LogP contribution is -2.09. The second-order valence-corrected chi connectivity index (χ2v) is 3.59. The van der Waals surface area contributed by atoms with Crippen LogP contribution in [0.2, 0.25) is 5.02 Å². The summed E-state index contributed by atoms with van der Waals surface area (Å²) in [6, 6.07) is 5.67. The molecule has 0 aromatic heterocycles. The van der Waals surface area contributed by atoms with E-state index in [1.54, 1.807) is 6.07 Å². The Bertz CT molecular complexity index is 305. The van der Waals surface area contributed by atoms with Crippen molar-refractivity contribution >= 4 is 11.6 Å². The first kappa shape index (κ1) is 12.3. The number of ether oxygens (including phenoxy) is 1. The van der Waals surface area contributed by atoms with Crippen LogP contribution in [0.25, 0.3) is 0 Å². The maximum atomic E-state index is 8.66. The highest BCUT2D eigenvalue weighted by Gasteiger charge is 2.07. The van der Waals surface area contributed by atoms with E-state index in [0.717, 1.165) is 12.1 Å². The molecule has 1 rings (SSSR count). The average Bonchev–Trinajstić information content (AvgIpc) is 2.23. The van der Waals surface area contributed by atoms with Crippen LogP contribution in [-0.2, 0) is 6.54 Å². The van der Waals surface area contributed by atoms with Gasteiger partial charge in [-0.3, -0.25) is 0 Å². The van der Waals surface area contributed by atoms with Gasteiger partial charge in [0.15, 0.2) is 0 Å². The van der Waals surface area contributed by atoms with Crippen LogP contribution in [0.3, 0.4) is 0 Å². The van der Waals surface area contributed by atoms with Gasteiger partial charge in [0.1, 0.15) is 5.75 Å². The molecule has 0 unspecified atom stereocenters. The molecule has 4 heteroatoms. The predicted molar refractivity (Wildman–Crippen MR) is 61.4 cm³/mol. The van der Waals surface area contributed by atoms with Gasteiger partial charge in [0.05, 0.1) is 11.6 Å². The van der Waals surface area contributed by atoms with Crippen LogP contribution in [-0.4, -0.2) is 25.4 Å². The fourth-order valence-corrected chi connectivity index (χ4v) is 1.53. The van der Waals surface area contributed by atoms with Crippen LogP contribution in [0, 0.1) is 0 Å². The Morgan fingerprint density at radius 3 is 2.93 bits per heavy atom. The van der Waals surface area contributed by atoms with Crippen molar-refractivity contribution in [2.75, 3.05) is 20.3 Å². The van der Waals surface area contributed by atoms with Crippen LogP contribution in [0.15, 0.2) is 18.2 Å². The third kappa shape index (κ3) is 3.70. The van der Waals surface area contributed by atoms with Crippen molar-refractivity contribution in [3.8, 4) is 5.75 Å². The maximum absolute atomic E-state index is 8.66. The predicted octanol–water partition coefficient (Wildman–Crippen LogP) is 1.82. The monoisotopic (exact) mass is 229 g/mol. The summed E-state index contributed by atoms with van der Waals surface area (Å²) in [6.45, 7) is 1.33. The summed E-state index contributed by atoms with van der Waals surface area (Å²) in [5.41, 5.74) is 1.03. The lowest BCUT2D eigenvalue weighted by molar-refractivity contribution is 0.232. The fraction of sp³-hybridized carbons (Fsp3) is 0.455. The molecular weight excluding hydrogens is 214 g/mol. The van der Waals surface area contributed by atoms with Crippen molar-refractivity contribution in [2.24, 2.45) is 0 Å². The van der Waals surface area contributed by atoms with Crippen LogP contribution in [0.5, 0.6) is 5.75 Å². The van der Waals surface area contributed by atoms with E-state index in [0.29, 0.717) is 23.8 Å². The molecule has 2 N–H and O–H groups in total. The van der Waals surface area contributed by atoms with Crippen molar-refractivity contribution in [2.45, 2.75) is 13.0 Å². The van der Waals surface area contributed by atoms with Gasteiger partial charge in [0.25, 0.3) is 0 Å². The first-order valence-corrected chi connectivity index (χ1v) is 5.33. The quantitative estimate of drug-likeness (QED) is 0.732. The average molecular weight is 230 g/mol. The number of para-hydroxylation sites is 1. The van der Waals surface area contributed by atoms with E-state index in [1.165, 1.54) is 0 Å². The highest BCUT2D eigenvalue weighted by molar-refractivity contribution is 6.32. The number of hydrogen-bond acceptors (Lipinski definition) is 3. The molecule has 84 valence electrons. The SMILES string of the molecule is CNCc1cccc(Cl)c1OCCCO. The lowest BCUT2D eigenvalue weighted by Gasteiger charge is -2.12. The molecule has 1 aromatic carbocycles. The second-order valence-electron chi connectivity index (χ2n) is 3.18. The Balaban J connectivity index is 2.72. The summed E-state index contributed by atoms with van der Waals surface area (Å²) < 4.78 is 5.53. The molecule has 0 aliphatic heterocycles. The van der Waals surface area contributed by atoms with E-state index in [4.69, 9.17) is 21.4 Å². The van der Waals surface area contributed by atoms with Crippen LogP contribution in [0.1, 0.15) is 12.0 Å². The summed E-state index contributed by atoms with van der Waals surface area (Å²) >= 11 is 6.03. The van der Waals surface area contributed by atoms with E-state index < -0.39 is 0 Å². The fourth-order valence-electron chi connectivity index (χ4n) is 1.28. The van der Waals surface area contributed by atoms with Crippen LogP contribution >= 0.6 is 11.6 Å². The molecule has 0 heterocycles. The van der Waals surface area contributed by atoms with Crippen molar-refractivity contribution < 1.29 is 9.84 Å². The number of rotatable bonds is 6. The first-order chi connectivity index (χ1) is 7.29. The number of nitrogens with one attached hydrogen (secondary N) is 1. The minimum atomic E-state index is 0.131. The van der Waals surface area contributed by atoms with Gasteiger partial charge in [0, 0.05) is 25.1 Å². The minimum Gasteiger partial charge on any atom is -0.492 e. The summed E-state index contributed by atoms with van der Waals surface area (Å²) in [5, 5.41) is 12.3. The number of halogens is 1. The van der Waals surface area contributed by atoms with Gasteiger partial charge in [-0.25, -0.2) is 0 Å². The van der Waals surface area contributed by atoms with Gasteiger partial charge in [-0.1, -0.05) is 23.7 Å². The van der Waals surface area contributed by atoms with E-state index in [9.17, 15) is 0 Å². The topological polar surface area (TPSA) is 41.5 Å². The molecule has 0 radical (unpaired) electrons. The highest BCUT2D eigenvalue weighted by atomic mass is 35.5. The van der Waals surface area contributed by atoms with Crippen molar-refractivity contribution in [3.05, 3.63) is 28.8 Å². The van der Waals surface area contributed by atoms with Crippen LogP contribution < -0.4 is 10.1 Å². The van der Waals surface area contributed by atoms with Gasteiger partial charge < -0.3 is 15.2 Å². The number of aliphatic hydroxyl groups is 1. The summed E-state index contributed by atoms with van der Waals surface area (Å²) in [4.78, 5) is 0. The van der Waals surface area contributed by atoms with Crippen molar-refractivity contribution in [1.29, 1.82) is 0 Å². The van der Waals surface area contributed by atoms with E-state index in [-0.39, 0.29) is 6.61 Å². The molecule has 0 bridgehead atoms. The van der Waals surface area contributed by atoms with Gasteiger partial charge in [-0.2, -0.15) is 0 Å². The molecule has 15 heavy (non-hydrogen) atoms. The third-order valence-electron chi connectivity index (χ3n) is 1.96.